The van der Waals surface area contributed by atoms with Gasteiger partial charge in [-0.1, -0.05) is 6.07 Å². The number of nitrogens with one attached hydrogen (secondary N) is 1. The van der Waals surface area contributed by atoms with Crippen molar-refractivity contribution in [1.29, 1.82) is 0 Å². The third kappa shape index (κ3) is 3.75. The third-order valence-electron chi connectivity index (χ3n) is 4.61. The Morgan fingerprint density at radius 2 is 1.92 bits per heavy atom. The fraction of sp³-hybridized carbons (Fsp3) is 0.350. The van der Waals surface area contributed by atoms with Gasteiger partial charge in [0.1, 0.15) is 16.9 Å². The molecule has 2 amide bonds. The summed E-state index contributed by atoms with van der Waals surface area (Å²) in [6.07, 6.45) is 0. The van der Waals surface area contributed by atoms with Gasteiger partial charge in [0.15, 0.2) is 0 Å². The second-order valence-electron chi connectivity index (χ2n) is 6.25. The molecule has 2 aromatic carbocycles. The normalized spacial score (nSPS) is 16.5. The predicted molar refractivity (Wildman–Crippen MR) is 106 cm³/mol. The van der Waals surface area contributed by atoms with Crippen LogP contribution in [0.4, 0.5) is 10.5 Å². The van der Waals surface area contributed by atoms with Crippen LogP contribution >= 0.6 is 11.8 Å². The van der Waals surface area contributed by atoms with Crippen LogP contribution in [0, 0.1) is 13.8 Å². The highest BCUT2D eigenvalue weighted by Crippen LogP contribution is 2.43. The van der Waals surface area contributed by atoms with Crippen LogP contribution in [0.5, 0.6) is 11.5 Å². The van der Waals surface area contributed by atoms with Gasteiger partial charge in [0.25, 0.3) is 0 Å². The van der Waals surface area contributed by atoms with Gasteiger partial charge in [0.2, 0.25) is 0 Å². The van der Waals surface area contributed by atoms with E-state index in [-0.39, 0.29) is 11.4 Å². The van der Waals surface area contributed by atoms with Crippen LogP contribution in [0.1, 0.15) is 22.1 Å². The summed E-state index contributed by atoms with van der Waals surface area (Å²) in [5.74, 6) is 2.39. The van der Waals surface area contributed by atoms with Gasteiger partial charge in [-0.25, -0.2) is 4.79 Å². The summed E-state index contributed by atoms with van der Waals surface area (Å²) in [6, 6.07) is 11.5. The molecule has 0 radical (unpaired) electrons. The van der Waals surface area contributed by atoms with Crippen molar-refractivity contribution in [3.8, 4) is 11.5 Å². The van der Waals surface area contributed by atoms with Gasteiger partial charge in [-0.15, -0.1) is 11.8 Å². The van der Waals surface area contributed by atoms with E-state index in [0.29, 0.717) is 6.54 Å². The molecule has 1 atom stereocenters. The molecule has 1 aliphatic heterocycles. The number of hydrogen-bond donors (Lipinski definition) is 1. The largest absolute Gasteiger partial charge is 0.497 e. The number of carbonyl (C=O) groups is 1. The standard InChI is InChI=1S/C20H24N2O3S/c1-13-5-6-15(11-14(13)2)21-20(23)22-9-10-26-19(22)17-12-16(24-3)7-8-18(17)25-4/h5-8,11-12,19H,9-10H2,1-4H3,(H,21,23). The van der Waals surface area contributed by atoms with E-state index in [1.165, 1.54) is 5.56 Å². The monoisotopic (exact) mass is 372 g/mol. The van der Waals surface area contributed by atoms with Crippen molar-refractivity contribution in [2.24, 2.45) is 0 Å². The maximum absolute atomic E-state index is 12.9. The van der Waals surface area contributed by atoms with Crippen molar-refractivity contribution >= 4 is 23.5 Å². The number of carbonyl (C=O) groups excluding carboxylic acids is 1. The van der Waals surface area contributed by atoms with Gasteiger partial charge in [-0.05, 0) is 55.3 Å². The first kappa shape index (κ1) is 18.5. The molecule has 2 aromatic rings. The average Bonchev–Trinajstić information content (AvgIpc) is 3.14. The number of rotatable bonds is 4. The van der Waals surface area contributed by atoms with E-state index in [1.807, 2.05) is 48.2 Å². The molecule has 1 saturated heterocycles. The van der Waals surface area contributed by atoms with Gasteiger partial charge in [-0.3, -0.25) is 0 Å². The molecule has 0 saturated carbocycles. The van der Waals surface area contributed by atoms with E-state index < -0.39 is 0 Å². The van der Waals surface area contributed by atoms with Crippen molar-refractivity contribution in [1.82, 2.24) is 4.90 Å². The number of thioether (sulfide) groups is 1. The van der Waals surface area contributed by atoms with Crippen LogP contribution in [0.3, 0.4) is 0 Å². The summed E-state index contributed by atoms with van der Waals surface area (Å²) in [5.41, 5.74) is 4.12. The van der Waals surface area contributed by atoms with Gasteiger partial charge in [0.05, 0.1) is 14.2 Å². The first-order chi connectivity index (χ1) is 12.5. The Balaban J connectivity index is 1.83. The van der Waals surface area contributed by atoms with Crippen molar-refractivity contribution in [3.63, 3.8) is 0 Å². The fourth-order valence-corrected chi connectivity index (χ4v) is 4.25. The fourth-order valence-electron chi connectivity index (χ4n) is 2.98. The zero-order valence-electron chi connectivity index (χ0n) is 15.5. The summed E-state index contributed by atoms with van der Waals surface area (Å²) < 4.78 is 10.9. The Morgan fingerprint density at radius 1 is 1.12 bits per heavy atom. The van der Waals surface area contributed by atoms with E-state index in [0.717, 1.165) is 34.1 Å². The minimum atomic E-state index is -0.105. The minimum Gasteiger partial charge on any atom is -0.497 e. The quantitative estimate of drug-likeness (QED) is 0.852. The summed E-state index contributed by atoms with van der Waals surface area (Å²) >= 11 is 1.73. The lowest BCUT2D eigenvalue weighted by Crippen LogP contribution is -2.34. The van der Waals surface area contributed by atoms with E-state index in [2.05, 4.69) is 12.2 Å². The highest BCUT2D eigenvalue weighted by Gasteiger charge is 2.33. The van der Waals surface area contributed by atoms with Crippen molar-refractivity contribution in [3.05, 3.63) is 53.1 Å². The average molecular weight is 372 g/mol. The summed E-state index contributed by atoms with van der Waals surface area (Å²) in [5, 5.41) is 2.91. The topological polar surface area (TPSA) is 50.8 Å². The highest BCUT2D eigenvalue weighted by molar-refractivity contribution is 7.99. The lowest BCUT2D eigenvalue weighted by Gasteiger charge is -2.26. The first-order valence-corrected chi connectivity index (χ1v) is 9.56. The smallest absolute Gasteiger partial charge is 0.323 e. The van der Waals surface area contributed by atoms with Gasteiger partial charge >= 0.3 is 6.03 Å². The number of benzene rings is 2. The Hall–Kier alpha value is -2.34. The zero-order valence-corrected chi connectivity index (χ0v) is 16.4. The SMILES string of the molecule is COc1ccc(OC)c(C2SCCN2C(=O)Nc2ccc(C)c(C)c2)c1. The first-order valence-electron chi connectivity index (χ1n) is 8.52. The summed E-state index contributed by atoms with van der Waals surface area (Å²) in [4.78, 5) is 14.7. The lowest BCUT2D eigenvalue weighted by molar-refractivity contribution is 0.213. The molecular weight excluding hydrogens is 348 g/mol. The Kier molecular flexibility index (Phi) is 5.61. The molecule has 0 aromatic heterocycles. The van der Waals surface area contributed by atoms with E-state index in [1.54, 1.807) is 26.0 Å². The molecule has 1 unspecified atom stereocenters. The summed E-state index contributed by atoms with van der Waals surface area (Å²) in [7, 11) is 3.28. The molecule has 138 valence electrons. The second kappa shape index (κ2) is 7.91. The number of aryl methyl sites for hydroxylation is 2. The number of nitrogens with zero attached hydrogens (tertiary/aromatic N) is 1. The van der Waals surface area contributed by atoms with E-state index >= 15 is 0 Å². The van der Waals surface area contributed by atoms with Crippen molar-refractivity contribution in [2.45, 2.75) is 19.2 Å². The van der Waals surface area contributed by atoms with Crippen LogP contribution in [-0.4, -0.2) is 37.4 Å². The molecule has 3 rings (SSSR count). The molecule has 26 heavy (non-hydrogen) atoms. The molecule has 6 heteroatoms. The molecule has 1 heterocycles. The Labute approximate surface area is 158 Å². The maximum Gasteiger partial charge on any atom is 0.323 e. The van der Waals surface area contributed by atoms with Crippen molar-refractivity contribution < 1.29 is 14.3 Å². The molecular formula is C20H24N2O3S. The van der Waals surface area contributed by atoms with Crippen molar-refractivity contribution in [2.75, 3.05) is 31.8 Å². The predicted octanol–water partition coefficient (Wildman–Crippen LogP) is 4.60. The molecule has 1 aliphatic rings. The van der Waals surface area contributed by atoms with Crippen LogP contribution in [0.15, 0.2) is 36.4 Å². The highest BCUT2D eigenvalue weighted by atomic mass is 32.2. The molecule has 1 fully saturated rings. The van der Waals surface area contributed by atoms with E-state index in [9.17, 15) is 4.79 Å². The number of methoxy groups -OCH3 is 2. The number of anilines is 1. The third-order valence-corrected chi connectivity index (χ3v) is 5.86. The van der Waals surface area contributed by atoms with Gasteiger partial charge in [0, 0.05) is 23.5 Å². The molecule has 0 spiro atoms. The summed E-state index contributed by atoms with van der Waals surface area (Å²) in [6.45, 7) is 4.79. The second-order valence-corrected chi connectivity index (χ2v) is 7.44. The van der Waals surface area contributed by atoms with Crippen LogP contribution in [-0.2, 0) is 0 Å². The van der Waals surface area contributed by atoms with Crippen LogP contribution < -0.4 is 14.8 Å². The van der Waals surface area contributed by atoms with Crippen LogP contribution in [0.2, 0.25) is 0 Å². The zero-order chi connectivity index (χ0) is 18.7. The number of urea groups is 1. The number of hydrogen-bond acceptors (Lipinski definition) is 4. The Morgan fingerprint density at radius 3 is 2.62 bits per heavy atom. The van der Waals surface area contributed by atoms with Crippen LogP contribution in [0.25, 0.3) is 0 Å². The number of amides is 2. The lowest BCUT2D eigenvalue weighted by atomic mass is 10.1. The minimum absolute atomic E-state index is 0.104. The molecule has 0 aliphatic carbocycles. The van der Waals surface area contributed by atoms with E-state index in [4.69, 9.17) is 9.47 Å². The maximum atomic E-state index is 12.9. The molecule has 5 nitrogen and oxygen atoms in total. The molecule has 1 N–H and O–H groups in total. The molecule has 0 bridgehead atoms. The van der Waals surface area contributed by atoms with Gasteiger partial charge in [-0.2, -0.15) is 0 Å². The van der Waals surface area contributed by atoms with Gasteiger partial charge < -0.3 is 19.7 Å². The number of ether oxygens (including phenoxy) is 2. The Bertz CT molecular complexity index is 810.